The molecule has 9 heteroatoms. The smallest absolute Gasteiger partial charge is 0.337 e. The zero-order chi connectivity index (χ0) is 19.4. The van der Waals surface area contributed by atoms with Crippen molar-refractivity contribution in [1.82, 2.24) is 4.31 Å². The van der Waals surface area contributed by atoms with E-state index >= 15 is 0 Å². The zero-order valence-electron chi connectivity index (χ0n) is 14.2. The molecule has 2 aromatic rings. The third-order valence-electron chi connectivity index (χ3n) is 3.99. The van der Waals surface area contributed by atoms with Crippen LogP contribution in [0.15, 0.2) is 40.6 Å². The van der Waals surface area contributed by atoms with Gasteiger partial charge in [0.2, 0.25) is 0 Å². The molecule has 1 saturated heterocycles. The number of benzene rings is 1. The van der Waals surface area contributed by atoms with Crippen molar-refractivity contribution in [3.8, 4) is 6.07 Å². The van der Waals surface area contributed by atoms with Gasteiger partial charge in [0.1, 0.15) is 4.21 Å². The van der Waals surface area contributed by atoms with E-state index in [1.165, 1.54) is 22.5 Å². The summed E-state index contributed by atoms with van der Waals surface area (Å²) in [5.74, 6) is -1.16. The Morgan fingerprint density at radius 2 is 1.85 bits per heavy atom. The van der Waals surface area contributed by atoms with Crippen molar-refractivity contribution >= 4 is 39.0 Å². The maximum absolute atomic E-state index is 12.7. The van der Waals surface area contributed by atoms with E-state index in [1.807, 2.05) is 6.07 Å². The Morgan fingerprint density at radius 1 is 1.19 bits per heavy atom. The first-order valence-electron chi connectivity index (χ1n) is 8.05. The highest BCUT2D eigenvalue weighted by molar-refractivity contribution is 7.91. The second-order valence-corrected chi connectivity index (χ2v) is 8.98. The van der Waals surface area contributed by atoms with Gasteiger partial charge in [0.05, 0.1) is 30.4 Å². The molecule has 1 fully saturated rings. The van der Waals surface area contributed by atoms with Crippen molar-refractivity contribution in [3.05, 3.63) is 52.4 Å². The Bertz CT molecular complexity index is 1010. The van der Waals surface area contributed by atoms with E-state index in [9.17, 15) is 18.3 Å². The van der Waals surface area contributed by atoms with Gasteiger partial charge in [0, 0.05) is 18.0 Å². The van der Waals surface area contributed by atoms with Crippen molar-refractivity contribution in [2.75, 3.05) is 26.3 Å². The van der Waals surface area contributed by atoms with Crippen LogP contribution in [0.3, 0.4) is 0 Å². The topological polar surface area (TPSA) is 108 Å². The SMILES string of the molecule is N#Cc1ccc(/C=C(/C(=O)O)c2ccc(S(=O)(=O)N3CCOCC3)s2)cc1. The minimum atomic E-state index is -3.67. The van der Waals surface area contributed by atoms with Gasteiger partial charge in [0.25, 0.3) is 10.0 Å². The minimum absolute atomic E-state index is 0.00636. The standard InChI is InChI=1S/C18H16N2O5S2/c19-12-14-3-1-13(2-4-14)11-15(18(21)22)16-5-6-17(26-16)27(23,24)20-7-9-25-10-8-20/h1-6,11H,7-10H2,(H,21,22)/b15-11+. The molecule has 0 atom stereocenters. The van der Waals surface area contributed by atoms with Crippen LogP contribution in [0.4, 0.5) is 0 Å². The van der Waals surface area contributed by atoms with Crippen LogP contribution >= 0.6 is 11.3 Å². The van der Waals surface area contributed by atoms with Crippen molar-refractivity contribution in [1.29, 1.82) is 5.26 Å². The monoisotopic (exact) mass is 404 g/mol. The molecule has 2 heterocycles. The summed E-state index contributed by atoms with van der Waals surface area (Å²) >= 11 is 0.925. The average molecular weight is 404 g/mol. The van der Waals surface area contributed by atoms with E-state index in [2.05, 4.69) is 0 Å². The first-order chi connectivity index (χ1) is 12.9. The molecule has 1 aromatic carbocycles. The Balaban J connectivity index is 1.92. The Kier molecular flexibility index (Phi) is 5.72. The van der Waals surface area contributed by atoms with Crippen LogP contribution < -0.4 is 0 Å². The zero-order valence-corrected chi connectivity index (χ0v) is 15.8. The fourth-order valence-corrected chi connectivity index (χ4v) is 5.45. The molecule has 1 N–H and O–H groups in total. The van der Waals surface area contributed by atoms with E-state index < -0.39 is 16.0 Å². The molecule has 0 radical (unpaired) electrons. The number of morpholine rings is 1. The molecule has 0 saturated carbocycles. The summed E-state index contributed by atoms with van der Waals surface area (Å²) < 4.78 is 32.0. The molecule has 140 valence electrons. The minimum Gasteiger partial charge on any atom is -0.478 e. The molecule has 0 amide bonds. The van der Waals surface area contributed by atoms with Crippen molar-refractivity contribution in [2.24, 2.45) is 0 Å². The molecular weight excluding hydrogens is 388 g/mol. The summed E-state index contributed by atoms with van der Waals surface area (Å²) in [5, 5.41) is 18.4. The van der Waals surface area contributed by atoms with Gasteiger partial charge in [-0.1, -0.05) is 12.1 Å². The van der Waals surface area contributed by atoms with Gasteiger partial charge in [-0.2, -0.15) is 9.57 Å². The number of sulfonamides is 1. The normalized spacial score (nSPS) is 16.0. The molecule has 0 aliphatic carbocycles. The number of nitriles is 1. The summed E-state index contributed by atoms with van der Waals surface area (Å²) in [4.78, 5) is 12.0. The maximum atomic E-state index is 12.7. The second kappa shape index (κ2) is 8.02. The molecule has 27 heavy (non-hydrogen) atoms. The second-order valence-electron chi connectivity index (χ2n) is 5.73. The first kappa shape index (κ1) is 19.3. The van der Waals surface area contributed by atoms with Gasteiger partial charge in [-0.15, -0.1) is 11.3 Å². The van der Waals surface area contributed by atoms with E-state index in [0.29, 0.717) is 29.2 Å². The van der Waals surface area contributed by atoms with Crippen LogP contribution in [0, 0.1) is 11.3 Å². The molecule has 0 bridgehead atoms. The first-order valence-corrected chi connectivity index (χ1v) is 10.3. The van der Waals surface area contributed by atoms with Crippen molar-refractivity contribution < 1.29 is 23.1 Å². The van der Waals surface area contributed by atoms with E-state index in [1.54, 1.807) is 24.3 Å². The Morgan fingerprint density at radius 3 is 2.44 bits per heavy atom. The predicted octanol–water partition coefficient (Wildman–Crippen LogP) is 2.27. The molecule has 1 aromatic heterocycles. The number of carboxylic acid groups (broad SMARTS) is 1. The summed E-state index contributed by atoms with van der Waals surface area (Å²) in [6, 6.07) is 11.4. The van der Waals surface area contributed by atoms with Crippen LogP contribution in [-0.2, 0) is 19.6 Å². The lowest BCUT2D eigenvalue weighted by Crippen LogP contribution is -2.40. The fourth-order valence-electron chi connectivity index (χ4n) is 2.58. The van der Waals surface area contributed by atoms with Gasteiger partial charge in [-0.3, -0.25) is 0 Å². The number of ether oxygens (including phenoxy) is 1. The number of hydrogen-bond acceptors (Lipinski definition) is 6. The molecule has 1 aliphatic rings. The number of carbonyl (C=O) groups is 1. The van der Waals surface area contributed by atoms with Gasteiger partial charge in [-0.05, 0) is 35.9 Å². The van der Waals surface area contributed by atoms with E-state index in [-0.39, 0.29) is 22.9 Å². The lowest BCUT2D eigenvalue weighted by Gasteiger charge is -2.25. The number of hydrogen-bond donors (Lipinski definition) is 1. The number of rotatable bonds is 5. The molecular formula is C18H16N2O5S2. The molecule has 0 spiro atoms. The highest BCUT2D eigenvalue weighted by atomic mass is 32.2. The molecule has 3 rings (SSSR count). The molecule has 1 aliphatic heterocycles. The number of aliphatic carboxylic acids is 1. The summed E-state index contributed by atoms with van der Waals surface area (Å²) in [6.45, 7) is 1.25. The van der Waals surface area contributed by atoms with E-state index in [4.69, 9.17) is 10.00 Å². The third-order valence-corrected chi connectivity index (χ3v) is 7.48. The fraction of sp³-hybridized carbons (Fsp3) is 0.222. The van der Waals surface area contributed by atoms with Crippen molar-refractivity contribution in [3.63, 3.8) is 0 Å². The highest BCUT2D eigenvalue weighted by Crippen LogP contribution is 2.31. The number of thiophene rings is 1. The maximum Gasteiger partial charge on any atom is 0.337 e. The Hall–Kier alpha value is -2.51. The largest absolute Gasteiger partial charge is 0.478 e. The summed E-state index contributed by atoms with van der Waals surface area (Å²) in [6.07, 6.45) is 1.46. The van der Waals surface area contributed by atoms with E-state index in [0.717, 1.165) is 11.3 Å². The highest BCUT2D eigenvalue weighted by Gasteiger charge is 2.28. The van der Waals surface area contributed by atoms with Gasteiger partial charge >= 0.3 is 5.97 Å². The molecule has 0 unspecified atom stereocenters. The number of carboxylic acids is 1. The van der Waals surface area contributed by atoms with Crippen LogP contribution in [0.1, 0.15) is 16.0 Å². The lowest BCUT2D eigenvalue weighted by molar-refractivity contribution is -0.130. The van der Waals surface area contributed by atoms with Gasteiger partial charge in [0.15, 0.2) is 0 Å². The summed E-state index contributed by atoms with van der Waals surface area (Å²) in [5.41, 5.74) is 1.07. The third kappa shape index (κ3) is 4.26. The predicted molar refractivity (Wildman–Crippen MR) is 101 cm³/mol. The quantitative estimate of drug-likeness (QED) is 0.766. The van der Waals surface area contributed by atoms with Gasteiger partial charge < -0.3 is 9.84 Å². The molecule has 7 nitrogen and oxygen atoms in total. The van der Waals surface area contributed by atoms with Gasteiger partial charge in [-0.25, -0.2) is 13.2 Å². The van der Waals surface area contributed by atoms with Crippen LogP contribution in [0.5, 0.6) is 0 Å². The van der Waals surface area contributed by atoms with Crippen LogP contribution in [-0.4, -0.2) is 50.1 Å². The van der Waals surface area contributed by atoms with Crippen LogP contribution in [0.25, 0.3) is 11.6 Å². The summed E-state index contributed by atoms with van der Waals surface area (Å²) in [7, 11) is -3.67. The van der Waals surface area contributed by atoms with Crippen molar-refractivity contribution in [2.45, 2.75) is 4.21 Å². The number of nitrogens with zero attached hydrogens (tertiary/aromatic N) is 2. The Labute approximate surface area is 160 Å². The average Bonchev–Trinajstić information content (AvgIpc) is 3.17. The lowest BCUT2D eigenvalue weighted by atomic mass is 10.1. The van der Waals surface area contributed by atoms with Crippen LogP contribution in [0.2, 0.25) is 0 Å².